The van der Waals surface area contributed by atoms with Crippen LogP contribution in [0.4, 0.5) is 10.1 Å². The fourth-order valence-corrected chi connectivity index (χ4v) is 2.14. The predicted molar refractivity (Wildman–Crippen MR) is 74.5 cm³/mol. The van der Waals surface area contributed by atoms with E-state index in [2.05, 4.69) is 21.4 Å². The standard InChI is InChI=1S/C15H14FN3/c1-10(12-6-13(16)9-17-8-12)19-14-2-3-15-11(7-14)4-5-18-15/h2-10,18-19H,1H3. The zero-order valence-corrected chi connectivity index (χ0v) is 10.5. The Bertz CT molecular complexity index is 705. The number of aromatic amines is 1. The normalized spacial score (nSPS) is 12.5. The number of fused-ring (bicyclic) bond motifs is 1. The van der Waals surface area contributed by atoms with Gasteiger partial charge in [0.2, 0.25) is 0 Å². The molecule has 3 nitrogen and oxygen atoms in total. The molecule has 0 fully saturated rings. The van der Waals surface area contributed by atoms with Crippen LogP contribution in [0.15, 0.2) is 48.9 Å². The summed E-state index contributed by atoms with van der Waals surface area (Å²) in [4.78, 5) is 7.02. The Morgan fingerprint density at radius 2 is 2.11 bits per heavy atom. The summed E-state index contributed by atoms with van der Waals surface area (Å²) in [5.41, 5.74) is 2.93. The Kier molecular flexibility index (Phi) is 2.91. The van der Waals surface area contributed by atoms with Crippen molar-refractivity contribution in [2.45, 2.75) is 13.0 Å². The number of hydrogen-bond donors (Lipinski definition) is 2. The molecule has 2 heterocycles. The Labute approximate surface area is 110 Å². The number of H-pyrrole nitrogens is 1. The van der Waals surface area contributed by atoms with Gasteiger partial charge in [-0.05, 0) is 42.8 Å². The second-order valence-corrected chi connectivity index (χ2v) is 4.58. The van der Waals surface area contributed by atoms with Crippen LogP contribution >= 0.6 is 0 Å². The van der Waals surface area contributed by atoms with Crippen LogP contribution in [-0.4, -0.2) is 9.97 Å². The average Bonchev–Trinajstić information content (AvgIpc) is 2.86. The van der Waals surface area contributed by atoms with E-state index in [1.54, 1.807) is 6.20 Å². The van der Waals surface area contributed by atoms with Gasteiger partial charge in [-0.1, -0.05) is 0 Å². The van der Waals surface area contributed by atoms with Crippen LogP contribution in [-0.2, 0) is 0 Å². The van der Waals surface area contributed by atoms with E-state index in [4.69, 9.17) is 0 Å². The van der Waals surface area contributed by atoms with Crippen LogP contribution in [0.5, 0.6) is 0 Å². The fraction of sp³-hybridized carbons (Fsp3) is 0.133. The van der Waals surface area contributed by atoms with E-state index >= 15 is 0 Å². The van der Waals surface area contributed by atoms with Crippen LogP contribution < -0.4 is 5.32 Å². The third kappa shape index (κ3) is 2.42. The van der Waals surface area contributed by atoms with Gasteiger partial charge < -0.3 is 10.3 Å². The van der Waals surface area contributed by atoms with E-state index in [9.17, 15) is 4.39 Å². The molecule has 0 saturated carbocycles. The van der Waals surface area contributed by atoms with Crippen LogP contribution in [0.3, 0.4) is 0 Å². The minimum atomic E-state index is -0.313. The molecule has 1 unspecified atom stereocenters. The Balaban J connectivity index is 1.83. The first-order valence-corrected chi connectivity index (χ1v) is 6.16. The van der Waals surface area contributed by atoms with Gasteiger partial charge in [0.05, 0.1) is 12.2 Å². The number of rotatable bonds is 3. The van der Waals surface area contributed by atoms with Crippen molar-refractivity contribution < 1.29 is 4.39 Å². The van der Waals surface area contributed by atoms with Crippen molar-refractivity contribution in [3.63, 3.8) is 0 Å². The van der Waals surface area contributed by atoms with E-state index in [1.165, 1.54) is 12.3 Å². The van der Waals surface area contributed by atoms with Gasteiger partial charge in [0.25, 0.3) is 0 Å². The molecule has 2 N–H and O–H groups in total. The minimum Gasteiger partial charge on any atom is -0.378 e. The number of halogens is 1. The highest BCUT2D eigenvalue weighted by atomic mass is 19.1. The summed E-state index contributed by atoms with van der Waals surface area (Å²) in [6, 6.07) is 9.61. The number of aromatic nitrogens is 2. The third-order valence-electron chi connectivity index (χ3n) is 3.16. The molecular weight excluding hydrogens is 241 g/mol. The van der Waals surface area contributed by atoms with Crippen molar-refractivity contribution >= 4 is 16.6 Å². The maximum absolute atomic E-state index is 13.1. The summed E-state index contributed by atoms with van der Waals surface area (Å²) < 4.78 is 13.1. The van der Waals surface area contributed by atoms with Crippen molar-refractivity contribution in [3.05, 3.63) is 60.3 Å². The molecule has 3 aromatic rings. The molecule has 3 rings (SSSR count). The molecule has 0 bridgehead atoms. The number of nitrogens with zero attached hydrogens (tertiary/aromatic N) is 1. The summed E-state index contributed by atoms with van der Waals surface area (Å²) >= 11 is 0. The summed E-state index contributed by atoms with van der Waals surface area (Å²) in [7, 11) is 0. The SMILES string of the molecule is CC(Nc1ccc2[nH]ccc2c1)c1cncc(F)c1. The van der Waals surface area contributed by atoms with Crippen LogP contribution in [0, 0.1) is 5.82 Å². The lowest BCUT2D eigenvalue weighted by molar-refractivity contribution is 0.616. The molecule has 19 heavy (non-hydrogen) atoms. The van der Waals surface area contributed by atoms with E-state index in [0.29, 0.717) is 0 Å². The fourth-order valence-electron chi connectivity index (χ4n) is 2.14. The van der Waals surface area contributed by atoms with Gasteiger partial charge in [0.15, 0.2) is 0 Å². The van der Waals surface area contributed by atoms with E-state index in [1.807, 2.05) is 31.3 Å². The highest BCUT2D eigenvalue weighted by Crippen LogP contribution is 2.22. The molecule has 1 atom stereocenters. The molecule has 0 spiro atoms. The summed E-state index contributed by atoms with van der Waals surface area (Å²) in [5.74, 6) is -0.313. The molecule has 0 aliphatic carbocycles. The lowest BCUT2D eigenvalue weighted by atomic mass is 10.1. The monoisotopic (exact) mass is 255 g/mol. The highest BCUT2D eigenvalue weighted by molar-refractivity contribution is 5.83. The van der Waals surface area contributed by atoms with Crippen LogP contribution in [0.2, 0.25) is 0 Å². The van der Waals surface area contributed by atoms with Gasteiger partial charge in [0, 0.05) is 29.0 Å². The van der Waals surface area contributed by atoms with Crippen LogP contribution in [0.1, 0.15) is 18.5 Å². The molecule has 2 aromatic heterocycles. The number of anilines is 1. The second-order valence-electron chi connectivity index (χ2n) is 4.58. The topological polar surface area (TPSA) is 40.7 Å². The van der Waals surface area contributed by atoms with Crippen molar-refractivity contribution in [1.29, 1.82) is 0 Å². The summed E-state index contributed by atoms with van der Waals surface area (Å²) in [6.45, 7) is 1.98. The Morgan fingerprint density at radius 1 is 1.21 bits per heavy atom. The minimum absolute atomic E-state index is 0.000378. The molecular formula is C15H14FN3. The molecule has 96 valence electrons. The lowest BCUT2D eigenvalue weighted by Gasteiger charge is -2.15. The number of benzene rings is 1. The third-order valence-corrected chi connectivity index (χ3v) is 3.16. The lowest BCUT2D eigenvalue weighted by Crippen LogP contribution is -2.07. The van der Waals surface area contributed by atoms with Crippen molar-refractivity contribution in [2.24, 2.45) is 0 Å². The molecule has 0 saturated heterocycles. The zero-order valence-electron chi connectivity index (χ0n) is 10.5. The van der Waals surface area contributed by atoms with E-state index in [-0.39, 0.29) is 11.9 Å². The van der Waals surface area contributed by atoms with Gasteiger partial charge in [-0.3, -0.25) is 4.98 Å². The van der Waals surface area contributed by atoms with Gasteiger partial charge in [-0.2, -0.15) is 0 Å². The number of nitrogens with one attached hydrogen (secondary N) is 2. The molecule has 4 heteroatoms. The van der Waals surface area contributed by atoms with Gasteiger partial charge in [-0.15, -0.1) is 0 Å². The highest BCUT2D eigenvalue weighted by Gasteiger charge is 2.07. The van der Waals surface area contributed by atoms with E-state index in [0.717, 1.165) is 22.2 Å². The molecule has 0 radical (unpaired) electrons. The van der Waals surface area contributed by atoms with Crippen molar-refractivity contribution in [2.75, 3.05) is 5.32 Å². The molecule has 1 aromatic carbocycles. The van der Waals surface area contributed by atoms with Gasteiger partial charge >= 0.3 is 0 Å². The first kappa shape index (κ1) is 11.7. The second kappa shape index (κ2) is 4.72. The van der Waals surface area contributed by atoms with E-state index < -0.39 is 0 Å². The van der Waals surface area contributed by atoms with Crippen molar-refractivity contribution in [3.8, 4) is 0 Å². The largest absolute Gasteiger partial charge is 0.378 e. The molecule has 0 amide bonds. The van der Waals surface area contributed by atoms with Gasteiger partial charge in [0.1, 0.15) is 5.82 Å². The summed E-state index contributed by atoms with van der Waals surface area (Å²) in [5, 5.41) is 4.49. The number of hydrogen-bond acceptors (Lipinski definition) is 2. The Hall–Kier alpha value is -2.36. The van der Waals surface area contributed by atoms with Crippen molar-refractivity contribution in [1.82, 2.24) is 9.97 Å². The Morgan fingerprint density at radius 3 is 2.95 bits per heavy atom. The van der Waals surface area contributed by atoms with Crippen LogP contribution in [0.25, 0.3) is 10.9 Å². The predicted octanol–water partition coefficient (Wildman–Crippen LogP) is 3.88. The first-order valence-electron chi connectivity index (χ1n) is 6.16. The maximum atomic E-state index is 13.1. The maximum Gasteiger partial charge on any atom is 0.141 e. The van der Waals surface area contributed by atoms with Gasteiger partial charge in [-0.25, -0.2) is 4.39 Å². The smallest absolute Gasteiger partial charge is 0.141 e. The first-order chi connectivity index (χ1) is 9.22. The zero-order chi connectivity index (χ0) is 13.2. The average molecular weight is 255 g/mol. The molecule has 0 aliphatic heterocycles. The molecule has 0 aliphatic rings. The summed E-state index contributed by atoms with van der Waals surface area (Å²) in [6.07, 6.45) is 4.80. The number of pyridine rings is 1. The quantitative estimate of drug-likeness (QED) is 0.745.